The molecule has 0 unspecified atom stereocenters. The van der Waals surface area contributed by atoms with Crippen LogP contribution in [0.25, 0.3) is 22.5 Å². The van der Waals surface area contributed by atoms with Gasteiger partial charge in [-0.3, -0.25) is 0 Å². The van der Waals surface area contributed by atoms with Crippen LogP contribution >= 0.6 is 12.0 Å². The highest BCUT2D eigenvalue weighted by molar-refractivity contribution is 7.95. The number of halogens is 3. The number of alkyl halides is 3. The van der Waals surface area contributed by atoms with Crippen LogP contribution in [0.4, 0.5) is 13.2 Å². The summed E-state index contributed by atoms with van der Waals surface area (Å²) in [6.45, 7) is 28.1. The quantitative estimate of drug-likeness (QED) is 0.0979. The molecule has 1 aromatic heterocycles. The third kappa shape index (κ3) is 13.1. The van der Waals surface area contributed by atoms with Crippen LogP contribution in [0.3, 0.4) is 0 Å². The topological polar surface area (TPSA) is 51.1 Å². The molecule has 0 bridgehead atoms. The summed E-state index contributed by atoms with van der Waals surface area (Å²) in [7, 11) is 1.69. The van der Waals surface area contributed by atoms with Gasteiger partial charge in [-0.1, -0.05) is 140 Å². The molecular formula is C47H59F3N4OS. The van der Waals surface area contributed by atoms with Crippen LogP contribution in [0.15, 0.2) is 119 Å². The molecule has 9 heteroatoms. The molecule has 56 heavy (non-hydrogen) atoms. The molecule has 1 aliphatic heterocycles. The lowest BCUT2D eigenvalue weighted by atomic mass is 9.86. The minimum absolute atomic E-state index is 0.00265. The molecule has 300 valence electrons. The second-order valence-corrected chi connectivity index (χ2v) is 17.5. The summed E-state index contributed by atoms with van der Waals surface area (Å²) in [5, 5.41) is 0.593. The van der Waals surface area contributed by atoms with Crippen molar-refractivity contribution in [2.45, 2.75) is 106 Å². The molecule has 0 radical (unpaired) electrons. The van der Waals surface area contributed by atoms with Crippen molar-refractivity contribution in [2.75, 3.05) is 20.2 Å². The largest absolute Gasteiger partial charge is 0.420 e. The summed E-state index contributed by atoms with van der Waals surface area (Å²) in [6, 6.07) is 8.35. The lowest BCUT2D eigenvalue weighted by Crippen LogP contribution is -2.30. The Kier molecular flexibility index (Phi) is 16.6. The van der Waals surface area contributed by atoms with E-state index >= 15 is 0 Å². The van der Waals surface area contributed by atoms with Gasteiger partial charge in [0.15, 0.2) is 17.5 Å². The Bertz CT molecular complexity index is 2000. The normalized spacial score (nSPS) is 16.0. The second kappa shape index (κ2) is 20.2. The molecule has 0 spiro atoms. The Morgan fingerprint density at radius 1 is 0.946 bits per heavy atom. The minimum Gasteiger partial charge on any atom is -0.363 e. The summed E-state index contributed by atoms with van der Waals surface area (Å²) in [5.74, 6) is 1.66. The lowest BCUT2D eigenvalue weighted by Gasteiger charge is -2.33. The minimum atomic E-state index is -4.41. The average molecular weight is 785 g/mol. The fraction of sp³-hybridized carbons (Fsp3) is 0.426. The average Bonchev–Trinajstić information content (AvgIpc) is 3.13. The Morgan fingerprint density at radius 3 is 2.09 bits per heavy atom. The van der Waals surface area contributed by atoms with E-state index in [0.717, 1.165) is 33.6 Å². The van der Waals surface area contributed by atoms with Gasteiger partial charge < -0.3 is 9.08 Å². The summed E-state index contributed by atoms with van der Waals surface area (Å²) in [4.78, 5) is 17.2. The number of aromatic nitrogens is 3. The van der Waals surface area contributed by atoms with Crippen molar-refractivity contribution in [2.24, 2.45) is 5.41 Å². The van der Waals surface area contributed by atoms with Gasteiger partial charge >= 0.3 is 6.18 Å². The Hall–Kier alpha value is -4.39. The Morgan fingerprint density at radius 2 is 1.61 bits per heavy atom. The predicted molar refractivity (Wildman–Crippen MR) is 231 cm³/mol. The van der Waals surface area contributed by atoms with Crippen molar-refractivity contribution in [3.63, 3.8) is 0 Å². The molecule has 2 aromatic rings. The molecule has 1 aliphatic carbocycles. The van der Waals surface area contributed by atoms with Crippen LogP contribution in [0, 0.1) is 5.41 Å². The molecule has 0 saturated carbocycles. The van der Waals surface area contributed by atoms with Crippen LogP contribution in [-0.4, -0.2) is 51.5 Å². The molecular weight excluding hydrogens is 726 g/mol. The van der Waals surface area contributed by atoms with Crippen molar-refractivity contribution in [3.05, 3.63) is 136 Å². The van der Waals surface area contributed by atoms with Gasteiger partial charge in [-0.25, -0.2) is 15.0 Å². The highest BCUT2D eigenvalue weighted by Gasteiger charge is 2.35. The van der Waals surface area contributed by atoms with Gasteiger partial charge in [0.25, 0.3) is 0 Å². The van der Waals surface area contributed by atoms with E-state index in [4.69, 9.17) is 19.1 Å². The molecule has 2 aliphatic rings. The number of rotatable bonds is 11. The van der Waals surface area contributed by atoms with E-state index in [1.165, 1.54) is 17.6 Å². The highest BCUT2D eigenvalue weighted by atomic mass is 32.2. The van der Waals surface area contributed by atoms with Crippen LogP contribution in [0.1, 0.15) is 106 Å². The lowest BCUT2D eigenvalue weighted by molar-refractivity contribution is -0.0938. The van der Waals surface area contributed by atoms with E-state index in [1.807, 2.05) is 63.3 Å². The predicted octanol–water partition coefficient (Wildman–Crippen LogP) is 13.2. The van der Waals surface area contributed by atoms with Crippen molar-refractivity contribution >= 4 is 23.2 Å². The van der Waals surface area contributed by atoms with Gasteiger partial charge in [0.05, 0.1) is 12.7 Å². The smallest absolute Gasteiger partial charge is 0.363 e. The fourth-order valence-corrected chi connectivity index (χ4v) is 6.25. The van der Waals surface area contributed by atoms with E-state index in [9.17, 15) is 13.2 Å². The first-order chi connectivity index (χ1) is 26.2. The maximum atomic E-state index is 13.4. The Labute approximate surface area is 338 Å². The number of benzene rings is 1. The maximum Gasteiger partial charge on any atom is 0.420 e. The SMILES string of the molecule is C=C/C(=C\C=C(/C)c1nc(C2=C(C=CC)C=C(C3=C=C=C(C(F)(F)F)CC3)N(CC=CC)C2)nc(-c2ccc(C(C)(C)C)cc2)n1)C(C)(C)C.COSC(C)C. The maximum absolute atomic E-state index is 13.4. The van der Waals surface area contributed by atoms with Crippen LogP contribution in [0.5, 0.6) is 0 Å². The van der Waals surface area contributed by atoms with E-state index in [2.05, 4.69) is 109 Å². The molecule has 0 fully saturated rings. The van der Waals surface area contributed by atoms with E-state index in [0.29, 0.717) is 41.4 Å². The first-order valence-corrected chi connectivity index (χ1v) is 19.9. The van der Waals surface area contributed by atoms with Crippen LogP contribution < -0.4 is 0 Å². The summed E-state index contributed by atoms with van der Waals surface area (Å²) in [5.41, 5.74) is 11.8. The van der Waals surface area contributed by atoms with Gasteiger partial charge in [-0.15, -0.1) is 0 Å². The monoisotopic (exact) mass is 784 g/mol. The number of hydrogen-bond donors (Lipinski definition) is 0. The van der Waals surface area contributed by atoms with Gasteiger partial charge in [0, 0.05) is 40.7 Å². The van der Waals surface area contributed by atoms with Gasteiger partial charge in [-0.05, 0) is 84.8 Å². The molecule has 0 atom stereocenters. The zero-order chi connectivity index (χ0) is 41.8. The fourth-order valence-electron chi connectivity index (χ4n) is 5.87. The third-order valence-corrected chi connectivity index (χ3v) is 9.61. The van der Waals surface area contributed by atoms with E-state index in [-0.39, 0.29) is 23.7 Å². The molecule has 2 heterocycles. The van der Waals surface area contributed by atoms with Crippen molar-refractivity contribution in [1.82, 2.24) is 19.9 Å². The molecule has 0 N–H and O–H groups in total. The van der Waals surface area contributed by atoms with Gasteiger partial charge in [-0.2, -0.15) is 13.2 Å². The van der Waals surface area contributed by atoms with Crippen molar-refractivity contribution in [1.29, 1.82) is 0 Å². The molecule has 4 rings (SSSR count). The van der Waals surface area contributed by atoms with Gasteiger partial charge in [0.2, 0.25) is 0 Å². The van der Waals surface area contributed by atoms with E-state index < -0.39 is 11.7 Å². The molecule has 0 saturated heterocycles. The molecule has 1 aromatic carbocycles. The summed E-state index contributed by atoms with van der Waals surface area (Å²) >= 11 is 1.49. The van der Waals surface area contributed by atoms with Crippen molar-refractivity contribution in [3.8, 4) is 11.4 Å². The highest BCUT2D eigenvalue weighted by Crippen LogP contribution is 2.37. The first-order valence-electron chi connectivity index (χ1n) is 19.1. The van der Waals surface area contributed by atoms with Crippen LogP contribution in [0.2, 0.25) is 0 Å². The third-order valence-electron chi connectivity index (χ3n) is 9.03. The first kappa shape index (κ1) is 46.0. The second-order valence-electron chi connectivity index (χ2n) is 16.0. The number of hydrogen-bond acceptors (Lipinski definition) is 6. The molecule has 0 amide bonds. The molecule has 5 nitrogen and oxygen atoms in total. The van der Waals surface area contributed by atoms with E-state index in [1.54, 1.807) is 7.11 Å². The summed E-state index contributed by atoms with van der Waals surface area (Å²) in [6.07, 6.45) is 11.6. The number of allylic oxidation sites excluding steroid dienone is 12. The van der Waals surface area contributed by atoms with Gasteiger partial charge in [0.1, 0.15) is 0 Å². The van der Waals surface area contributed by atoms with Crippen molar-refractivity contribution < 1.29 is 17.4 Å². The Balaban J connectivity index is 0.00000130. The summed E-state index contributed by atoms with van der Waals surface area (Å²) < 4.78 is 44.9. The zero-order valence-electron chi connectivity index (χ0n) is 35.3. The van der Waals surface area contributed by atoms with Crippen LogP contribution in [-0.2, 0) is 9.60 Å². The standard InChI is InChI=1S/C43H49F3N4.C4H10OS/c1-11-14-26-50-28-36(32(15-12-2)27-37(50)30-17-24-35(25-18-30)43(44,45)46)40-48-38(29(4)16-21-33(13-3)41(5,6)7)47-39(49-40)31-19-22-34(23-20-31)42(8,9)10;1-4(2)6-5-3/h11-16,19-23,27H,3,17,24,26,28H2,1-2,4-10H3;4H,1-3H3/b14-11?,15-12?,29-16+,33-21+;. The number of nitrogens with zero attached hydrogens (tertiary/aromatic N) is 4. The zero-order valence-corrected chi connectivity index (χ0v) is 36.1.